The average molecular weight is 259 g/mol. The summed E-state index contributed by atoms with van der Waals surface area (Å²) in [6.45, 7) is 2.11. The van der Waals surface area contributed by atoms with Crippen LogP contribution in [0.2, 0.25) is 0 Å². The van der Waals surface area contributed by atoms with Crippen molar-refractivity contribution in [1.82, 2.24) is 10.1 Å². The normalized spacial score (nSPS) is 9.95. The molecule has 0 aliphatic heterocycles. The highest BCUT2D eigenvalue weighted by atomic mass is 16.5. The first kappa shape index (κ1) is 12.9. The van der Waals surface area contributed by atoms with Crippen molar-refractivity contribution in [2.45, 2.75) is 20.0 Å². The number of aryl methyl sites for hydroxylation is 1. The second kappa shape index (κ2) is 5.87. The standard InChI is InChI=1S/C13H13N3O3/c1-3-12-15-13(19-16-12)8-18-10-5-4-9(7-14)6-11(10)17-2/h4-6H,3,8H2,1-2H3. The molecule has 1 aromatic carbocycles. The minimum atomic E-state index is 0.162. The molecular formula is C13H13N3O3. The number of ether oxygens (including phenoxy) is 2. The zero-order chi connectivity index (χ0) is 13.7. The molecule has 6 heteroatoms. The fraction of sp³-hybridized carbons (Fsp3) is 0.308. The average Bonchev–Trinajstić information content (AvgIpc) is 2.92. The fourth-order valence-corrected chi connectivity index (χ4v) is 1.49. The molecule has 0 N–H and O–H groups in total. The van der Waals surface area contributed by atoms with Gasteiger partial charge in [0, 0.05) is 12.5 Å². The maximum atomic E-state index is 8.81. The first-order valence-electron chi connectivity index (χ1n) is 5.79. The Morgan fingerprint density at radius 3 is 2.84 bits per heavy atom. The minimum absolute atomic E-state index is 0.162. The molecule has 1 aromatic heterocycles. The van der Waals surface area contributed by atoms with Crippen molar-refractivity contribution in [2.75, 3.05) is 7.11 Å². The van der Waals surface area contributed by atoms with Crippen LogP contribution in [0.15, 0.2) is 22.7 Å². The number of benzene rings is 1. The van der Waals surface area contributed by atoms with Gasteiger partial charge in [-0.1, -0.05) is 12.1 Å². The van der Waals surface area contributed by atoms with E-state index in [0.29, 0.717) is 35.2 Å². The molecule has 2 rings (SSSR count). The Morgan fingerprint density at radius 2 is 2.21 bits per heavy atom. The lowest BCUT2D eigenvalue weighted by atomic mass is 10.2. The van der Waals surface area contributed by atoms with Crippen molar-refractivity contribution in [1.29, 1.82) is 5.26 Å². The van der Waals surface area contributed by atoms with E-state index in [2.05, 4.69) is 10.1 Å². The molecule has 6 nitrogen and oxygen atoms in total. The molecule has 2 aromatic rings. The summed E-state index contributed by atoms with van der Waals surface area (Å²) in [5.74, 6) is 2.07. The van der Waals surface area contributed by atoms with E-state index in [1.807, 2.05) is 13.0 Å². The molecule has 0 amide bonds. The topological polar surface area (TPSA) is 81.2 Å². The van der Waals surface area contributed by atoms with Crippen molar-refractivity contribution >= 4 is 0 Å². The number of nitrogens with zero attached hydrogens (tertiary/aromatic N) is 3. The van der Waals surface area contributed by atoms with E-state index in [9.17, 15) is 0 Å². The smallest absolute Gasteiger partial charge is 0.264 e. The largest absolute Gasteiger partial charge is 0.493 e. The zero-order valence-corrected chi connectivity index (χ0v) is 10.7. The Hall–Kier alpha value is -2.55. The first-order valence-corrected chi connectivity index (χ1v) is 5.79. The van der Waals surface area contributed by atoms with Crippen molar-refractivity contribution in [3.05, 3.63) is 35.5 Å². The van der Waals surface area contributed by atoms with Crippen molar-refractivity contribution in [3.8, 4) is 17.6 Å². The summed E-state index contributed by atoms with van der Waals surface area (Å²) in [7, 11) is 1.52. The van der Waals surface area contributed by atoms with Crippen LogP contribution in [0.25, 0.3) is 0 Å². The van der Waals surface area contributed by atoms with E-state index in [1.54, 1.807) is 18.2 Å². The van der Waals surface area contributed by atoms with Gasteiger partial charge in [-0.25, -0.2) is 0 Å². The van der Waals surface area contributed by atoms with E-state index in [1.165, 1.54) is 7.11 Å². The molecule has 0 aliphatic rings. The quantitative estimate of drug-likeness (QED) is 0.817. The summed E-state index contributed by atoms with van der Waals surface area (Å²) in [4.78, 5) is 4.14. The fourth-order valence-electron chi connectivity index (χ4n) is 1.49. The Bertz CT molecular complexity index is 601. The van der Waals surface area contributed by atoms with Crippen LogP contribution in [0.1, 0.15) is 24.2 Å². The molecule has 0 unspecified atom stereocenters. The maximum Gasteiger partial charge on any atom is 0.264 e. The predicted octanol–water partition coefficient (Wildman–Crippen LogP) is 2.09. The van der Waals surface area contributed by atoms with Crippen LogP contribution in [-0.4, -0.2) is 17.3 Å². The van der Waals surface area contributed by atoms with Crippen LogP contribution >= 0.6 is 0 Å². The molecule has 98 valence electrons. The van der Waals surface area contributed by atoms with Gasteiger partial charge in [0.1, 0.15) is 0 Å². The van der Waals surface area contributed by atoms with Crippen molar-refractivity contribution in [2.24, 2.45) is 0 Å². The number of hydrogen-bond donors (Lipinski definition) is 0. The molecule has 0 radical (unpaired) electrons. The van der Waals surface area contributed by atoms with Crippen LogP contribution in [0.5, 0.6) is 11.5 Å². The molecular weight excluding hydrogens is 246 g/mol. The number of methoxy groups -OCH3 is 1. The van der Waals surface area contributed by atoms with Crippen molar-refractivity contribution < 1.29 is 14.0 Å². The van der Waals surface area contributed by atoms with Gasteiger partial charge in [-0.2, -0.15) is 10.2 Å². The van der Waals surface area contributed by atoms with Gasteiger partial charge in [0.25, 0.3) is 5.89 Å². The van der Waals surface area contributed by atoms with Gasteiger partial charge < -0.3 is 14.0 Å². The third-order valence-corrected chi connectivity index (χ3v) is 2.47. The number of hydrogen-bond acceptors (Lipinski definition) is 6. The van der Waals surface area contributed by atoms with Gasteiger partial charge in [0.05, 0.1) is 18.7 Å². The lowest BCUT2D eigenvalue weighted by Gasteiger charge is -2.08. The third kappa shape index (κ3) is 3.01. The summed E-state index contributed by atoms with van der Waals surface area (Å²) in [5.41, 5.74) is 0.509. The van der Waals surface area contributed by atoms with E-state index in [4.69, 9.17) is 19.3 Å². The summed E-state index contributed by atoms with van der Waals surface area (Å²) in [6.07, 6.45) is 0.712. The summed E-state index contributed by atoms with van der Waals surface area (Å²) >= 11 is 0. The van der Waals surface area contributed by atoms with Gasteiger partial charge in [0.15, 0.2) is 23.9 Å². The Labute approximate surface area is 110 Å². The minimum Gasteiger partial charge on any atom is -0.493 e. The highest BCUT2D eigenvalue weighted by molar-refractivity contribution is 5.46. The zero-order valence-electron chi connectivity index (χ0n) is 10.7. The number of nitriles is 1. The van der Waals surface area contributed by atoms with Crippen molar-refractivity contribution in [3.63, 3.8) is 0 Å². The van der Waals surface area contributed by atoms with E-state index >= 15 is 0 Å². The Kier molecular flexibility index (Phi) is 3.98. The molecule has 0 fully saturated rings. The van der Waals surface area contributed by atoms with E-state index in [0.717, 1.165) is 0 Å². The van der Waals surface area contributed by atoms with Gasteiger partial charge in [0.2, 0.25) is 0 Å². The highest BCUT2D eigenvalue weighted by Crippen LogP contribution is 2.28. The molecule has 0 spiro atoms. The van der Waals surface area contributed by atoms with Gasteiger partial charge in [-0.15, -0.1) is 0 Å². The van der Waals surface area contributed by atoms with Gasteiger partial charge in [-0.3, -0.25) is 0 Å². The summed E-state index contributed by atoms with van der Waals surface area (Å²) in [6, 6.07) is 6.98. The van der Waals surface area contributed by atoms with E-state index < -0.39 is 0 Å². The predicted molar refractivity (Wildman–Crippen MR) is 65.7 cm³/mol. The summed E-state index contributed by atoms with van der Waals surface area (Å²) in [5, 5.41) is 12.6. The highest BCUT2D eigenvalue weighted by Gasteiger charge is 2.09. The lowest BCUT2D eigenvalue weighted by Crippen LogP contribution is -1.98. The lowest BCUT2D eigenvalue weighted by molar-refractivity contribution is 0.233. The molecule has 1 heterocycles. The Morgan fingerprint density at radius 1 is 1.37 bits per heavy atom. The van der Waals surface area contributed by atoms with Crippen LogP contribution in [0.4, 0.5) is 0 Å². The van der Waals surface area contributed by atoms with Crippen LogP contribution in [0, 0.1) is 11.3 Å². The monoisotopic (exact) mass is 259 g/mol. The number of aromatic nitrogens is 2. The van der Waals surface area contributed by atoms with Crippen LogP contribution in [0.3, 0.4) is 0 Å². The summed E-state index contributed by atoms with van der Waals surface area (Å²) < 4.78 is 15.7. The molecule has 19 heavy (non-hydrogen) atoms. The Balaban J connectivity index is 2.08. The van der Waals surface area contributed by atoms with Crippen LogP contribution in [-0.2, 0) is 13.0 Å². The second-order valence-electron chi connectivity index (χ2n) is 3.72. The molecule has 0 saturated heterocycles. The third-order valence-electron chi connectivity index (χ3n) is 2.47. The number of rotatable bonds is 5. The van der Waals surface area contributed by atoms with E-state index in [-0.39, 0.29) is 6.61 Å². The first-order chi connectivity index (χ1) is 9.26. The van der Waals surface area contributed by atoms with Gasteiger partial charge >= 0.3 is 0 Å². The van der Waals surface area contributed by atoms with Gasteiger partial charge in [-0.05, 0) is 12.1 Å². The molecule has 0 saturated carbocycles. The maximum absolute atomic E-state index is 8.81. The molecule has 0 atom stereocenters. The molecule has 0 bridgehead atoms. The molecule has 0 aliphatic carbocycles. The SMILES string of the molecule is CCc1noc(COc2ccc(C#N)cc2OC)n1. The second-order valence-corrected chi connectivity index (χ2v) is 3.72. The van der Waals surface area contributed by atoms with Crippen LogP contribution < -0.4 is 9.47 Å².